The lowest BCUT2D eigenvalue weighted by atomic mass is 9.90. The standard InChI is InChI=1S/C21H18Cl2FNO4/c22-14-3-1-2-13(8-14)20-18(12-6-7-15(23)16(24)9-12)25(17(26)10-29-20)19(21(27)28)11-4-5-11/h1-3,6-9,11,18-20H,4-5,10H2,(H,27,28)/t18-,19?,20-/m1/s1. The highest BCUT2D eigenvalue weighted by Crippen LogP contribution is 2.46. The van der Waals surface area contributed by atoms with Gasteiger partial charge >= 0.3 is 5.97 Å². The molecule has 1 amide bonds. The van der Waals surface area contributed by atoms with Crippen molar-refractivity contribution in [3.8, 4) is 0 Å². The highest BCUT2D eigenvalue weighted by Gasteiger charge is 2.49. The van der Waals surface area contributed by atoms with E-state index in [0.717, 1.165) is 12.8 Å². The van der Waals surface area contributed by atoms with E-state index in [9.17, 15) is 19.1 Å². The number of carboxylic acid groups (broad SMARTS) is 1. The summed E-state index contributed by atoms with van der Waals surface area (Å²) in [5.41, 5.74) is 1.09. The molecule has 0 spiro atoms. The van der Waals surface area contributed by atoms with Gasteiger partial charge in [-0.1, -0.05) is 41.4 Å². The molecule has 1 aliphatic heterocycles. The highest BCUT2D eigenvalue weighted by molar-refractivity contribution is 6.31. The Morgan fingerprint density at radius 1 is 1.17 bits per heavy atom. The summed E-state index contributed by atoms with van der Waals surface area (Å²) in [6.07, 6.45) is 0.753. The van der Waals surface area contributed by atoms with Crippen LogP contribution in [0.4, 0.5) is 4.39 Å². The van der Waals surface area contributed by atoms with E-state index in [1.807, 2.05) is 0 Å². The molecule has 2 aromatic carbocycles. The third-order valence-corrected chi connectivity index (χ3v) is 5.89. The van der Waals surface area contributed by atoms with Gasteiger partial charge in [-0.2, -0.15) is 0 Å². The van der Waals surface area contributed by atoms with Crippen LogP contribution in [0.25, 0.3) is 0 Å². The van der Waals surface area contributed by atoms with Gasteiger partial charge in [0.1, 0.15) is 24.6 Å². The van der Waals surface area contributed by atoms with Gasteiger partial charge in [0.2, 0.25) is 5.91 Å². The van der Waals surface area contributed by atoms with E-state index in [1.165, 1.54) is 17.0 Å². The van der Waals surface area contributed by atoms with Crippen LogP contribution in [0.3, 0.4) is 0 Å². The van der Waals surface area contributed by atoms with Gasteiger partial charge < -0.3 is 14.7 Å². The van der Waals surface area contributed by atoms with Crippen molar-refractivity contribution in [2.75, 3.05) is 6.61 Å². The molecule has 29 heavy (non-hydrogen) atoms. The molecule has 1 saturated carbocycles. The number of amides is 1. The molecule has 2 fully saturated rings. The van der Waals surface area contributed by atoms with Gasteiger partial charge in [0.05, 0.1) is 11.1 Å². The van der Waals surface area contributed by atoms with E-state index >= 15 is 0 Å². The summed E-state index contributed by atoms with van der Waals surface area (Å²) in [5.74, 6) is -2.30. The SMILES string of the molecule is O=C(O)C(C1CC1)N1C(=O)CO[C@H](c2cccc(Cl)c2)[C@H]1c1ccc(Cl)c(F)c1. The number of hydrogen-bond donors (Lipinski definition) is 1. The first-order valence-electron chi connectivity index (χ1n) is 9.23. The fourth-order valence-corrected chi connectivity index (χ4v) is 4.23. The van der Waals surface area contributed by atoms with Crippen molar-refractivity contribution in [2.45, 2.75) is 31.0 Å². The molecule has 1 aliphatic carbocycles. The second kappa shape index (κ2) is 7.94. The Hall–Kier alpha value is -2.15. The Morgan fingerprint density at radius 2 is 1.93 bits per heavy atom. The van der Waals surface area contributed by atoms with Crippen molar-refractivity contribution in [3.63, 3.8) is 0 Å². The van der Waals surface area contributed by atoms with E-state index in [-0.39, 0.29) is 17.5 Å². The lowest BCUT2D eigenvalue weighted by Crippen LogP contribution is -2.54. The number of ether oxygens (including phenoxy) is 1. The minimum atomic E-state index is -1.08. The van der Waals surface area contributed by atoms with Gasteiger partial charge in [-0.15, -0.1) is 0 Å². The van der Waals surface area contributed by atoms with E-state index in [2.05, 4.69) is 0 Å². The molecule has 0 radical (unpaired) electrons. The summed E-state index contributed by atoms with van der Waals surface area (Å²) in [6.45, 7) is -0.264. The molecule has 1 heterocycles. The van der Waals surface area contributed by atoms with Crippen LogP contribution in [0.5, 0.6) is 0 Å². The largest absolute Gasteiger partial charge is 0.480 e. The molecule has 152 valence electrons. The predicted octanol–water partition coefficient (Wildman–Crippen LogP) is 4.64. The van der Waals surface area contributed by atoms with Gasteiger partial charge in [-0.05, 0) is 54.2 Å². The molecule has 4 rings (SSSR count). The van der Waals surface area contributed by atoms with Gasteiger partial charge in [-0.3, -0.25) is 4.79 Å². The molecule has 1 N–H and O–H groups in total. The molecule has 8 heteroatoms. The molecule has 1 unspecified atom stereocenters. The average molecular weight is 438 g/mol. The number of benzene rings is 2. The summed E-state index contributed by atoms with van der Waals surface area (Å²) >= 11 is 12.0. The Labute approximate surface area is 177 Å². The Kier molecular flexibility index (Phi) is 5.51. The minimum absolute atomic E-state index is 0.0559. The molecule has 5 nitrogen and oxygen atoms in total. The first-order chi connectivity index (χ1) is 13.9. The van der Waals surface area contributed by atoms with Crippen LogP contribution in [-0.2, 0) is 14.3 Å². The number of hydrogen-bond acceptors (Lipinski definition) is 3. The number of nitrogens with zero attached hydrogens (tertiary/aromatic N) is 1. The highest BCUT2D eigenvalue weighted by atomic mass is 35.5. The topological polar surface area (TPSA) is 66.8 Å². The number of carbonyl (C=O) groups is 2. The fraction of sp³-hybridized carbons (Fsp3) is 0.333. The van der Waals surface area contributed by atoms with Crippen LogP contribution in [-0.4, -0.2) is 34.5 Å². The Balaban J connectivity index is 1.85. The summed E-state index contributed by atoms with van der Waals surface area (Å²) in [6, 6.07) is 9.32. The molecule has 0 bridgehead atoms. The zero-order valence-corrected chi connectivity index (χ0v) is 16.7. The molecule has 1 saturated heterocycles. The van der Waals surface area contributed by atoms with E-state index in [0.29, 0.717) is 16.1 Å². The maximum absolute atomic E-state index is 14.3. The molecule has 2 aromatic rings. The van der Waals surface area contributed by atoms with Crippen molar-refractivity contribution in [1.82, 2.24) is 4.90 Å². The third-order valence-electron chi connectivity index (χ3n) is 5.34. The Bertz CT molecular complexity index is 965. The molecule has 3 atom stereocenters. The zero-order valence-electron chi connectivity index (χ0n) is 15.2. The fourth-order valence-electron chi connectivity index (χ4n) is 3.91. The summed E-state index contributed by atoms with van der Waals surface area (Å²) < 4.78 is 20.1. The molecular weight excluding hydrogens is 420 g/mol. The third kappa shape index (κ3) is 3.97. The molecular formula is C21H18Cl2FNO4. The normalized spacial score (nSPS) is 23.1. The first-order valence-corrected chi connectivity index (χ1v) is 9.98. The van der Waals surface area contributed by atoms with Crippen LogP contribution >= 0.6 is 23.2 Å². The summed E-state index contributed by atoms with van der Waals surface area (Å²) in [4.78, 5) is 26.3. The van der Waals surface area contributed by atoms with E-state index in [1.54, 1.807) is 30.3 Å². The van der Waals surface area contributed by atoms with Crippen LogP contribution in [0.15, 0.2) is 42.5 Å². The zero-order chi connectivity index (χ0) is 20.7. The molecule has 2 aliphatic rings. The number of aliphatic carboxylic acids is 1. The molecule has 0 aromatic heterocycles. The predicted molar refractivity (Wildman–Crippen MR) is 105 cm³/mol. The number of carbonyl (C=O) groups excluding carboxylic acids is 1. The minimum Gasteiger partial charge on any atom is -0.480 e. The smallest absolute Gasteiger partial charge is 0.326 e. The van der Waals surface area contributed by atoms with Crippen LogP contribution in [0.2, 0.25) is 10.0 Å². The Morgan fingerprint density at radius 3 is 2.55 bits per heavy atom. The second-order valence-corrected chi connectivity index (χ2v) is 8.17. The van der Waals surface area contributed by atoms with E-state index in [4.69, 9.17) is 27.9 Å². The van der Waals surface area contributed by atoms with Crippen molar-refractivity contribution in [2.24, 2.45) is 5.92 Å². The number of carboxylic acids is 1. The summed E-state index contributed by atoms with van der Waals surface area (Å²) in [5, 5.41) is 10.3. The lowest BCUT2D eigenvalue weighted by molar-refractivity contribution is -0.172. The van der Waals surface area contributed by atoms with Crippen LogP contribution in [0, 0.1) is 11.7 Å². The van der Waals surface area contributed by atoms with Crippen molar-refractivity contribution in [1.29, 1.82) is 0 Å². The number of halogens is 3. The first kappa shape index (κ1) is 20.1. The van der Waals surface area contributed by atoms with Crippen LogP contribution in [0.1, 0.15) is 36.1 Å². The van der Waals surface area contributed by atoms with Crippen molar-refractivity contribution >= 4 is 35.1 Å². The van der Waals surface area contributed by atoms with Gasteiger partial charge in [0.25, 0.3) is 0 Å². The average Bonchev–Trinajstić information content (AvgIpc) is 3.50. The van der Waals surface area contributed by atoms with Crippen LogP contribution < -0.4 is 0 Å². The number of morpholine rings is 1. The maximum atomic E-state index is 14.3. The maximum Gasteiger partial charge on any atom is 0.326 e. The van der Waals surface area contributed by atoms with Gasteiger partial charge in [-0.25, -0.2) is 9.18 Å². The second-order valence-electron chi connectivity index (χ2n) is 7.33. The van der Waals surface area contributed by atoms with Gasteiger partial charge in [0.15, 0.2) is 0 Å². The lowest BCUT2D eigenvalue weighted by Gasteiger charge is -2.44. The van der Waals surface area contributed by atoms with Crippen molar-refractivity contribution < 1.29 is 23.8 Å². The van der Waals surface area contributed by atoms with E-state index < -0.39 is 35.9 Å². The van der Waals surface area contributed by atoms with Crippen molar-refractivity contribution in [3.05, 3.63) is 69.5 Å². The quantitative estimate of drug-likeness (QED) is 0.739. The summed E-state index contributed by atoms with van der Waals surface area (Å²) in [7, 11) is 0. The van der Waals surface area contributed by atoms with Gasteiger partial charge in [0, 0.05) is 5.02 Å². The monoisotopic (exact) mass is 437 g/mol. The number of rotatable bonds is 5.